The van der Waals surface area contributed by atoms with Gasteiger partial charge in [-0.15, -0.1) is 0 Å². The van der Waals surface area contributed by atoms with Crippen molar-refractivity contribution in [1.82, 2.24) is 9.55 Å². The van der Waals surface area contributed by atoms with Gasteiger partial charge in [-0.25, -0.2) is 4.98 Å². The zero-order valence-corrected chi connectivity index (χ0v) is 33.5. The lowest BCUT2D eigenvalue weighted by Crippen LogP contribution is -2.39. The van der Waals surface area contributed by atoms with E-state index in [0.717, 1.165) is 50.3 Å². The molecule has 0 saturated heterocycles. The second kappa shape index (κ2) is 12.1. The number of benzene rings is 7. The quantitative estimate of drug-likeness (QED) is 0.177. The van der Waals surface area contributed by atoms with Gasteiger partial charge >= 0.3 is 0 Å². The molecule has 2 N–H and O–H groups in total. The van der Waals surface area contributed by atoms with Crippen molar-refractivity contribution >= 4 is 123 Å². The number of aromatic nitrogens is 2. The summed E-state index contributed by atoms with van der Waals surface area (Å²) in [6, 6.07) is 35.0. The highest BCUT2D eigenvalue weighted by Gasteiger charge is 2.43. The Labute approximate surface area is 330 Å². The van der Waals surface area contributed by atoms with E-state index in [9.17, 15) is 10.2 Å². The first kappa shape index (κ1) is 35.4. The first-order valence-electron chi connectivity index (χ1n) is 19.4. The van der Waals surface area contributed by atoms with E-state index in [1.165, 1.54) is 60.2 Å². The molecular weight excluding hydrogens is 663 g/mol. The molecule has 1 aromatic heterocycles. The molecule has 0 amide bonds. The van der Waals surface area contributed by atoms with E-state index in [0.29, 0.717) is 5.46 Å². The molecule has 0 spiro atoms. The van der Waals surface area contributed by atoms with Gasteiger partial charge in [0.25, 0.3) is 0 Å². The van der Waals surface area contributed by atoms with Gasteiger partial charge in [-0.05, 0) is 84.1 Å². The van der Waals surface area contributed by atoms with Crippen LogP contribution >= 0.6 is 0 Å². The Bertz CT molecular complexity index is 2930. The number of phenolic OH excluding ortho intramolecular Hbond substituents is 2. The highest BCUT2D eigenvalue weighted by Crippen LogP contribution is 2.52. The Balaban J connectivity index is 1.40. The summed E-state index contributed by atoms with van der Waals surface area (Å²) < 4.78 is 2.37. The van der Waals surface area contributed by atoms with E-state index in [2.05, 4.69) is 163 Å². The Morgan fingerprint density at radius 2 is 1.04 bits per heavy atom. The van der Waals surface area contributed by atoms with Gasteiger partial charge in [0.15, 0.2) is 0 Å². The van der Waals surface area contributed by atoms with Crippen molar-refractivity contribution in [2.75, 3.05) is 0 Å². The first-order valence-corrected chi connectivity index (χ1v) is 19.4. The summed E-state index contributed by atoms with van der Waals surface area (Å²) in [5.41, 5.74) is 16.7. The van der Waals surface area contributed by atoms with Crippen molar-refractivity contribution in [2.45, 2.75) is 24.4 Å². The minimum absolute atomic E-state index is 0.171. The van der Waals surface area contributed by atoms with Crippen LogP contribution in [-0.4, -0.2) is 82.5 Å². The maximum absolute atomic E-state index is 11.6. The number of rotatable bonds is 4. The van der Waals surface area contributed by atoms with Crippen molar-refractivity contribution in [3.05, 3.63) is 114 Å². The molecule has 1 heterocycles. The van der Waals surface area contributed by atoms with Gasteiger partial charge in [-0.1, -0.05) is 114 Å². The monoisotopic (exact) mass is 704 g/mol. The molecule has 0 aliphatic heterocycles. The average Bonchev–Trinajstić information content (AvgIpc) is 3.68. The maximum Gasteiger partial charge on any atom is 0.149 e. The zero-order valence-electron chi connectivity index (χ0n) is 33.5. The van der Waals surface area contributed by atoms with Crippen LogP contribution in [-0.2, 0) is 10.5 Å². The normalized spacial score (nSPS) is 13.4. The molecule has 9 rings (SSSR count). The molecule has 1 aliphatic carbocycles. The Morgan fingerprint density at radius 1 is 0.527 bits per heavy atom. The van der Waals surface area contributed by atoms with E-state index < -0.39 is 5.41 Å². The van der Waals surface area contributed by atoms with Crippen molar-refractivity contribution in [3.63, 3.8) is 0 Å². The molecule has 8 aromatic rings. The molecule has 0 radical (unpaired) electrons. The van der Waals surface area contributed by atoms with E-state index in [1.54, 1.807) is 0 Å². The minimum Gasteiger partial charge on any atom is -0.509 e. The topological polar surface area (TPSA) is 58.3 Å². The number of para-hydroxylation sites is 3. The van der Waals surface area contributed by atoms with Crippen molar-refractivity contribution in [1.29, 1.82) is 0 Å². The SMILES string of the molecule is Bc1c(O)c(B)c2c(c1O)C(C)(C)c1c(B)c(-c3c4ccccc4c(-c4ccccc4-n4c(C(B)(B)B)nc5ccccc54)c4ccccc34)c(B)c(B)c1-2. The van der Waals surface area contributed by atoms with Gasteiger partial charge in [0, 0.05) is 16.5 Å². The number of fused-ring (bicyclic) bond motifs is 6. The summed E-state index contributed by atoms with van der Waals surface area (Å²) >= 11 is 0. The number of hydrogen-bond acceptors (Lipinski definition) is 3. The number of nitrogens with zero attached hydrogens (tertiary/aromatic N) is 2. The predicted octanol–water partition coefficient (Wildman–Crippen LogP) is -1.32. The molecule has 0 atom stereocenters. The van der Waals surface area contributed by atoms with Gasteiger partial charge in [0.1, 0.15) is 50.7 Å². The molecular formula is C43H40B8N2O2. The third-order valence-electron chi connectivity index (χ3n) is 12.6. The molecule has 12 heteroatoms. The predicted molar refractivity (Wildman–Crippen MR) is 256 cm³/mol. The van der Waals surface area contributed by atoms with Crippen LogP contribution in [0.4, 0.5) is 0 Å². The van der Waals surface area contributed by atoms with Crippen LogP contribution in [0.3, 0.4) is 0 Å². The standard InChI is InChI=1S/C43H40B8N2O2/c1-42(2)32-29(30-33(42)39(54)38(48)40(55)37(30)47)35(45)36(46)31(34(32)44)28-21-13-5-3-11-19(21)27(20-12-4-6-14-22(20)28)23-15-7-9-17-25(23)53-26-18-10-8-16-24(26)52-41(53)43(49,50)51/h3-18,54-55H,44-51H2,1-2H3. The lowest BCUT2D eigenvalue weighted by Gasteiger charge is -2.29. The van der Waals surface area contributed by atoms with E-state index in [4.69, 9.17) is 4.98 Å². The van der Waals surface area contributed by atoms with Crippen LogP contribution in [0.15, 0.2) is 97.1 Å². The van der Waals surface area contributed by atoms with E-state index in [1.807, 2.05) is 15.7 Å². The summed E-state index contributed by atoms with van der Waals surface area (Å²) in [6.07, 6.45) is 0. The second-order valence-electron chi connectivity index (χ2n) is 17.2. The van der Waals surface area contributed by atoms with Gasteiger partial charge in [0.2, 0.25) is 0 Å². The summed E-state index contributed by atoms with van der Waals surface area (Å²) in [6.45, 7) is 4.45. The zero-order chi connectivity index (χ0) is 38.9. The third kappa shape index (κ3) is 4.79. The number of phenols is 2. The van der Waals surface area contributed by atoms with Crippen molar-refractivity contribution in [3.8, 4) is 50.6 Å². The maximum atomic E-state index is 11.6. The fourth-order valence-corrected chi connectivity index (χ4v) is 10.0. The second-order valence-corrected chi connectivity index (χ2v) is 17.2. The highest BCUT2D eigenvalue weighted by molar-refractivity contribution is 6.59. The molecule has 0 bridgehead atoms. The Morgan fingerprint density at radius 3 is 1.65 bits per heavy atom. The summed E-state index contributed by atoms with van der Waals surface area (Å²) in [7, 11) is 17.2. The lowest BCUT2D eigenvalue weighted by atomic mass is 9.42. The van der Waals surface area contributed by atoms with Gasteiger partial charge in [-0.3, -0.25) is 4.57 Å². The van der Waals surface area contributed by atoms with Crippen LogP contribution in [0.1, 0.15) is 30.8 Å². The van der Waals surface area contributed by atoms with E-state index in [-0.39, 0.29) is 16.6 Å². The lowest BCUT2D eigenvalue weighted by molar-refractivity contribution is 0.448. The summed E-state index contributed by atoms with van der Waals surface area (Å²) in [4.78, 5) is 5.21. The molecule has 0 unspecified atom stereocenters. The van der Waals surface area contributed by atoms with Crippen LogP contribution in [0.2, 0.25) is 0 Å². The van der Waals surface area contributed by atoms with Crippen LogP contribution < -0.4 is 27.3 Å². The van der Waals surface area contributed by atoms with Crippen LogP contribution in [0.5, 0.6) is 11.5 Å². The van der Waals surface area contributed by atoms with Gasteiger partial charge < -0.3 is 10.2 Å². The summed E-state index contributed by atoms with van der Waals surface area (Å²) in [5, 5.41) is 27.4. The summed E-state index contributed by atoms with van der Waals surface area (Å²) in [5.74, 6) is 1.39. The fourth-order valence-electron chi connectivity index (χ4n) is 10.0. The highest BCUT2D eigenvalue weighted by atomic mass is 16.3. The third-order valence-corrected chi connectivity index (χ3v) is 12.6. The number of imidazole rings is 1. The molecule has 0 fully saturated rings. The van der Waals surface area contributed by atoms with Crippen molar-refractivity contribution < 1.29 is 10.2 Å². The fraction of sp³-hybridized carbons (Fsp3) is 0.0930. The molecule has 258 valence electrons. The Hall–Kier alpha value is -5.35. The number of aromatic hydroxyl groups is 2. The smallest absolute Gasteiger partial charge is 0.149 e. The van der Waals surface area contributed by atoms with Crippen molar-refractivity contribution in [2.24, 2.45) is 0 Å². The Kier molecular flexibility index (Phi) is 7.76. The average molecular weight is 703 g/mol. The van der Waals surface area contributed by atoms with E-state index >= 15 is 0 Å². The molecule has 1 aliphatic rings. The van der Waals surface area contributed by atoms with Crippen LogP contribution in [0.25, 0.3) is 71.6 Å². The molecule has 7 aromatic carbocycles. The minimum atomic E-state index is -0.488. The first-order chi connectivity index (χ1) is 26.2. The molecule has 4 nitrogen and oxygen atoms in total. The van der Waals surface area contributed by atoms with Crippen LogP contribution in [0, 0.1) is 0 Å². The largest absolute Gasteiger partial charge is 0.509 e. The van der Waals surface area contributed by atoms with Gasteiger partial charge in [0.05, 0.1) is 46.1 Å². The molecule has 0 saturated carbocycles. The number of hydrogen-bond donors (Lipinski definition) is 2. The van der Waals surface area contributed by atoms with Gasteiger partial charge in [-0.2, -0.15) is 0 Å². The molecule has 55 heavy (non-hydrogen) atoms.